The molecule has 0 fully saturated rings. The number of hydrogen-bond acceptors (Lipinski definition) is 3. The number of nitrogens with zero attached hydrogens (tertiary/aromatic N) is 2. The van der Waals surface area contributed by atoms with Crippen LogP contribution in [0.1, 0.15) is 24.7 Å². The molecule has 2 heterocycles. The van der Waals surface area contributed by atoms with Crippen molar-refractivity contribution in [1.82, 2.24) is 9.78 Å². The quantitative estimate of drug-likeness (QED) is 0.914. The Morgan fingerprint density at radius 1 is 1.32 bits per heavy atom. The summed E-state index contributed by atoms with van der Waals surface area (Å²) < 4.78 is 7.59. The molecule has 19 heavy (non-hydrogen) atoms. The van der Waals surface area contributed by atoms with Gasteiger partial charge in [0.05, 0.1) is 12.3 Å². The third-order valence-corrected chi connectivity index (χ3v) is 3.56. The van der Waals surface area contributed by atoms with E-state index in [0.717, 1.165) is 24.4 Å². The minimum Gasteiger partial charge on any atom is -0.494 e. The van der Waals surface area contributed by atoms with Gasteiger partial charge in [0, 0.05) is 24.3 Å². The summed E-state index contributed by atoms with van der Waals surface area (Å²) >= 11 is 0. The number of ether oxygens (including phenoxy) is 1. The molecule has 1 aromatic heterocycles. The van der Waals surface area contributed by atoms with Crippen LogP contribution < -0.4 is 10.5 Å². The Balaban J connectivity index is 2.01. The molecule has 0 bridgehead atoms. The van der Waals surface area contributed by atoms with E-state index in [0.29, 0.717) is 13.2 Å². The predicted molar refractivity (Wildman–Crippen MR) is 75.0 cm³/mol. The first-order valence-corrected chi connectivity index (χ1v) is 6.85. The second kappa shape index (κ2) is 5.05. The summed E-state index contributed by atoms with van der Waals surface area (Å²) in [7, 11) is 0. The molecular weight excluding hydrogens is 238 g/mol. The molecule has 0 aliphatic carbocycles. The van der Waals surface area contributed by atoms with Crippen LogP contribution >= 0.6 is 0 Å². The predicted octanol–water partition coefficient (Wildman–Crippen LogP) is 2.35. The van der Waals surface area contributed by atoms with Crippen molar-refractivity contribution < 1.29 is 4.74 Å². The summed E-state index contributed by atoms with van der Waals surface area (Å²) in [4.78, 5) is 0. The maximum absolute atomic E-state index is 5.83. The van der Waals surface area contributed by atoms with Crippen LogP contribution in [0.15, 0.2) is 24.3 Å². The number of rotatable bonds is 4. The molecule has 2 aromatic rings. The van der Waals surface area contributed by atoms with Crippen LogP contribution in [0.3, 0.4) is 0 Å². The number of benzene rings is 1. The van der Waals surface area contributed by atoms with Crippen molar-refractivity contribution >= 4 is 0 Å². The summed E-state index contributed by atoms with van der Waals surface area (Å²) in [6, 6.07) is 8.22. The number of aromatic nitrogens is 2. The maximum atomic E-state index is 5.83. The van der Waals surface area contributed by atoms with E-state index < -0.39 is 0 Å². The smallest absolute Gasteiger partial charge is 0.119 e. The molecule has 0 unspecified atom stereocenters. The lowest BCUT2D eigenvalue weighted by atomic mass is 10.0. The number of fused-ring (bicyclic) bond motifs is 1. The molecule has 4 heteroatoms. The minimum atomic E-state index is 0.489. The summed E-state index contributed by atoms with van der Waals surface area (Å²) in [6.07, 6.45) is 2.27. The van der Waals surface area contributed by atoms with Gasteiger partial charge in [-0.05, 0) is 37.5 Å². The van der Waals surface area contributed by atoms with Crippen molar-refractivity contribution in [3.63, 3.8) is 0 Å². The number of hydrogen-bond donors (Lipinski definition) is 1. The Hall–Kier alpha value is -1.81. The van der Waals surface area contributed by atoms with E-state index in [2.05, 4.69) is 21.9 Å². The zero-order valence-electron chi connectivity index (χ0n) is 11.2. The molecule has 0 saturated carbocycles. The zero-order valence-corrected chi connectivity index (χ0v) is 11.2. The molecule has 0 amide bonds. The van der Waals surface area contributed by atoms with Crippen molar-refractivity contribution in [3.8, 4) is 16.9 Å². The lowest BCUT2D eigenvalue weighted by Gasteiger charge is -2.06. The third-order valence-electron chi connectivity index (χ3n) is 3.56. The molecule has 1 aromatic carbocycles. The van der Waals surface area contributed by atoms with E-state index in [1.165, 1.54) is 23.2 Å². The number of aryl methyl sites for hydroxylation is 1. The fraction of sp³-hybridized carbons (Fsp3) is 0.400. The van der Waals surface area contributed by atoms with Gasteiger partial charge in [-0.2, -0.15) is 5.10 Å². The first-order valence-electron chi connectivity index (χ1n) is 6.85. The average Bonchev–Trinajstić information content (AvgIpc) is 3.00. The van der Waals surface area contributed by atoms with Gasteiger partial charge < -0.3 is 10.5 Å². The highest BCUT2D eigenvalue weighted by Crippen LogP contribution is 2.32. The first-order chi connectivity index (χ1) is 9.33. The standard InChI is InChI=1S/C15H19N3O/c1-2-19-12-7-5-11(6-8-12)15-13(10-16)17-18-9-3-4-14(15)18/h5-8H,2-4,9-10,16H2,1H3. The highest BCUT2D eigenvalue weighted by molar-refractivity contribution is 5.70. The minimum absolute atomic E-state index is 0.489. The van der Waals surface area contributed by atoms with E-state index in [1.807, 2.05) is 19.1 Å². The molecule has 0 saturated heterocycles. The van der Waals surface area contributed by atoms with Crippen LogP contribution in [0.4, 0.5) is 0 Å². The van der Waals surface area contributed by atoms with Crippen molar-refractivity contribution in [2.45, 2.75) is 32.9 Å². The maximum Gasteiger partial charge on any atom is 0.119 e. The largest absolute Gasteiger partial charge is 0.494 e. The highest BCUT2D eigenvalue weighted by Gasteiger charge is 2.21. The summed E-state index contributed by atoms with van der Waals surface area (Å²) in [5.41, 5.74) is 10.6. The van der Waals surface area contributed by atoms with Gasteiger partial charge in [-0.25, -0.2) is 0 Å². The fourth-order valence-corrected chi connectivity index (χ4v) is 2.75. The van der Waals surface area contributed by atoms with Crippen molar-refractivity contribution in [3.05, 3.63) is 35.7 Å². The Morgan fingerprint density at radius 3 is 2.79 bits per heavy atom. The van der Waals surface area contributed by atoms with Gasteiger partial charge in [0.25, 0.3) is 0 Å². The van der Waals surface area contributed by atoms with Gasteiger partial charge in [0.15, 0.2) is 0 Å². The highest BCUT2D eigenvalue weighted by atomic mass is 16.5. The van der Waals surface area contributed by atoms with Gasteiger partial charge in [0.1, 0.15) is 5.75 Å². The summed E-state index contributed by atoms with van der Waals surface area (Å²) in [5, 5.41) is 4.60. The van der Waals surface area contributed by atoms with Crippen molar-refractivity contribution in [2.24, 2.45) is 5.73 Å². The zero-order chi connectivity index (χ0) is 13.2. The molecule has 1 aliphatic rings. The Kier molecular flexibility index (Phi) is 3.25. The Labute approximate surface area is 113 Å². The Morgan fingerprint density at radius 2 is 2.11 bits per heavy atom. The fourth-order valence-electron chi connectivity index (χ4n) is 2.75. The van der Waals surface area contributed by atoms with Gasteiger partial charge in [-0.15, -0.1) is 0 Å². The topological polar surface area (TPSA) is 53.1 Å². The van der Waals surface area contributed by atoms with Gasteiger partial charge >= 0.3 is 0 Å². The second-order valence-electron chi connectivity index (χ2n) is 4.76. The monoisotopic (exact) mass is 257 g/mol. The van der Waals surface area contributed by atoms with Crippen molar-refractivity contribution in [1.29, 1.82) is 0 Å². The molecule has 0 spiro atoms. The van der Waals surface area contributed by atoms with Crippen LogP contribution in [0.5, 0.6) is 5.75 Å². The van der Waals surface area contributed by atoms with E-state index in [9.17, 15) is 0 Å². The Bertz CT molecular complexity index is 572. The summed E-state index contributed by atoms with van der Waals surface area (Å²) in [5.74, 6) is 0.907. The summed E-state index contributed by atoms with van der Waals surface area (Å²) in [6.45, 7) is 4.18. The lowest BCUT2D eigenvalue weighted by Crippen LogP contribution is -2.01. The second-order valence-corrected chi connectivity index (χ2v) is 4.76. The number of nitrogens with two attached hydrogens (primary N) is 1. The lowest BCUT2D eigenvalue weighted by molar-refractivity contribution is 0.340. The van der Waals surface area contributed by atoms with E-state index >= 15 is 0 Å². The van der Waals surface area contributed by atoms with Gasteiger partial charge in [-0.1, -0.05) is 12.1 Å². The van der Waals surface area contributed by atoms with E-state index in [1.54, 1.807) is 0 Å². The van der Waals surface area contributed by atoms with E-state index in [-0.39, 0.29) is 0 Å². The van der Waals surface area contributed by atoms with Gasteiger partial charge in [0.2, 0.25) is 0 Å². The normalized spacial score (nSPS) is 13.6. The molecule has 4 nitrogen and oxygen atoms in total. The SMILES string of the molecule is CCOc1ccc(-c2c(CN)nn3c2CCC3)cc1. The molecule has 2 N–H and O–H groups in total. The molecule has 0 atom stereocenters. The van der Waals surface area contributed by atoms with Crippen LogP contribution in [-0.4, -0.2) is 16.4 Å². The molecule has 1 aliphatic heterocycles. The van der Waals surface area contributed by atoms with Crippen LogP contribution in [0, 0.1) is 0 Å². The average molecular weight is 257 g/mol. The van der Waals surface area contributed by atoms with Crippen LogP contribution in [0.25, 0.3) is 11.1 Å². The van der Waals surface area contributed by atoms with Crippen molar-refractivity contribution in [2.75, 3.05) is 6.61 Å². The van der Waals surface area contributed by atoms with Gasteiger partial charge in [-0.3, -0.25) is 4.68 Å². The molecular formula is C15H19N3O. The molecule has 100 valence electrons. The first kappa shape index (κ1) is 12.2. The van der Waals surface area contributed by atoms with Crippen LogP contribution in [0.2, 0.25) is 0 Å². The van der Waals surface area contributed by atoms with Crippen LogP contribution in [-0.2, 0) is 19.5 Å². The molecule has 3 rings (SSSR count). The van der Waals surface area contributed by atoms with E-state index in [4.69, 9.17) is 10.5 Å². The molecule has 0 radical (unpaired) electrons. The third kappa shape index (κ3) is 2.12.